The molecule has 0 aliphatic carbocycles. The minimum atomic E-state index is 0.180. The Bertz CT molecular complexity index is 1020. The average molecular weight is 517 g/mol. The Morgan fingerprint density at radius 3 is 2.34 bits per heavy atom. The summed E-state index contributed by atoms with van der Waals surface area (Å²) >= 11 is 10.0. The Kier molecular flexibility index (Phi) is 12.1. The van der Waals surface area contributed by atoms with Gasteiger partial charge < -0.3 is 30.0 Å². The molecule has 2 fully saturated rings. The van der Waals surface area contributed by atoms with Gasteiger partial charge in [0.05, 0.1) is 18.9 Å². The molecule has 0 amide bonds. The lowest BCUT2D eigenvalue weighted by atomic mass is 9.98. The molecule has 2 atom stereocenters. The van der Waals surface area contributed by atoms with Crippen molar-refractivity contribution in [1.82, 2.24) is 9.88 Å². The highest BCUT2D eigenvalue weighted by atomic mass is 32.1. The van der Waals surface area contributed by atoms with Crippen LogP contribution >= 0.6 is 24.4 Å². The molecule has 35 heavy (non-hydrogen) atoms. The van der Waals surface area contributed by atoms with Crippen LogP contribution < -0.4 is 10.6 Å². The summed E-state index contributed by atoms with van der Waals surface area (Å²) in [4.78, 5) is 7.52. The molecule has 190 valence electrons. The van der Waals surface area contributed by atoms with Crippen molar-refractivity contribution < 1.29 is 9.47 Å². The van der Waals surface area contributed by atoms with E-state index in [0.717, 1.165) is 63.6 Å². The lowest BCUT2D eigenvalue weighted by Gasteiger charge is -2.35. The van der Waals surface area contributed by atoms with Crippen molar-refractivity contribution in [1.29, 1.82) is 10.5 Å². The summed E-state index contributed by atoms with van der Waals surface area (Å²) in [6.07, 6.45) is 6.41. The number of nitrogens with two attached hydrogens (primary N) is 1. The largest absolute Gasteiger partial charge is 0.389 e. The number of hydrogen-bond acceptors (Lipinski definition) is 8. The number of nitriles is 2. The third-order valence-electron chi connectivity index (χ3n) is 6.43. The van der Waals surface area contributed by atoms with E-state index in [1.807, 2.05) is 13.0 Å². The first kappa shape index (κ1) is 28.7. The predicted molar refractivity (Wildman–Crippen MR) is 144 cm³/mol. The van der Waals surface area contributed by atoms with Gasteiger partial charge in [0.25, 0.3) is 0 Å². The van der Waals surface area contributed by atoms with Crippen LogP contribution in [-0.4, -0.2) is 68.5 Å². The fraction of sp³-hybridized carbons (Fsp3) is 0.600. The summed E-state index contributed by atoms with van der Waals surface area (Å²) in [5.74, 6) is 1.06. The van der Waals surface area contributed by atoms with Gasteiger partial charge in [0.1, 0.15) is 32.9 Å². The fourth-order valence-electron chi connectivity index (χ4n) is 4.71. The van der Waals surface area contributed by atoms with E-state index in [0.29, 0.717) is 27.6 Å². The molecule has 0 unspecified atom stereocenters. The Morgan fingerprint density at radius 2 is 1.77 bits per heavy atom. The molecule has 3 heterocycles. The first-order valence-corrected chi connectivity index (χ1v) is 12.7. The maximum atomic E-state index is 9.21. The number of nitrogens with zero attached hydrogens (tertiary/aromatic N) is 4. The number of H-pyrrole nitrogens is 1. The molecule has 2 saturated heterocycles. The molecule has 0 aromatic carbocycles. The molecule has 0 radical (unpaired) electrons. The number of aromatic nitrogens is 1. The zero-order valence-corrected chi connectivity index (χ0v) is 22.5. The monoisotopic (exact) mass is 516 g/mol. The lowest BCUT2D eigenvalue weighted by molar-refractivity contribution is 0.104. The molecular formula is C25H36N6O2S2. The number of methoxy groups -OCH3 is 2. The van der Waals surface area contributed by atoms with Crippen LogP contribution in [0.15, 0.2) is 23.5 Å². The number of hydrogen-bond donors (Lipinski definition) is 2. The quantitative estimate of drug-likeness (QED) is 0.316. The molecular weight excluding hydrogens is 480 g/mol. The molecule has 0 spiro atoms. The summed E-state index contributed by atoms with van der Waals surface area (Å²) < 4.78 is 10.9. The van der Waals surface area contributed by atoms with Gasteiger partial charge in [0, 0.05) is 52.3 Å². The zero-order valence-electron chi connectivity index (χ0n) is 20.9. The fourth-order valence-corrected chi connectivity index (χ4v) is 5.12. The number of likely N-dealkylation sites (tertiary alicyclic amines) is 1. The van der Waals surface area contributed by atoms with E-state index in [1.54, 1.807) is 20.4 Å². The number of pyridine rings is 1. The number of ether oxygens (including phenoxy) is 2. The Balaban J connectivity index is 0.000000247. The Labute approximate surface area is 219 Å². The molecule has 0 saturated carbocycles. The second kappa shape index (κ2) is 14.8. The lowest BCUT2D eigenvalue weighted by Crippen LogP contribution is -2.37. The first-order valence-electron chi connectivity index (χ1n) is 11.9. The van der Waals surface area contributed by atoms with E-state index in [9.17, 15) is 5.26 Å². The normalized spacial score (nSPS) is 20.6. The van der Waals surface area contributed by atoms with E-state index >= 15 is 0 Å². The summed E-state index contributed by atoms with van der Waals surface area (Å²) in [5.41, 5.74) is 8.39. The van der Waals surface area contributed by atoms with Gasteiger partial charge in [0.15, 0.2) is 0 Å². The molecule has 1 aromatic rings. The van der Waals surface area contributed by atoms with Crippen LogP contribution in [0, 0.1) is 39.1 Å². The van der Waals surface area contributed by atoms with E-state index < -0.39 is 0 Å². The van der Waals surface area contributed by atoms with Crippen molar-refractivity contribution in [3.8, 4) is 12.1 Å². The number of allylic oxidation sites excluding steroid dienone is 1. The number of piperidine rings is 2. The number of anilines is 1. The van der Waals surface area contributed by atoms with Crippen LogP contribution in [0.5, 0.6) is 0 Å². The topological polar surface area (TPSA) is 114 Å². The highest BCUT2D eigenvalue weighted by Crippen LogP contribution is 2.26. The van der Waals surface area contributed by atoms with Crippen molar-refractivity contribution in [2.24, 2.45) is 17.6 Å². The molecule has 0 bridgehead atoms. The van der Waals surface area contributed by atoms with Gasteiger partial charge in [-0.25, -0.2) is 0 Å². The predicted octanol–water partition coefficient (Wildman–Crippen LogP) is 3.91. The van der Waals surface area contributed by atoms with Gasteiger partial charge in [-0.3, -0.25) is 0 Å². The van der Waals surface area contributed by atoms with Crippen LogP contribution in [-0.2, 0) is 9.47 Å². The van der Waals surface area contributed by atoms with Crippen molar-refractivity contribution in [2.75, 3.05) is 58.5 Å². The smallest absolute Gasteiger partial charge is 0.123 e. The van der Waals surface area contributed by atoms with E-state index in [1.165, 1.54) is 12.8 Å². The SMILES string of the molecule is COC[C@H]1CCCN(/C(C)=C(/C#N)C(N)=S)C1.COC[C@H]1CCCN(c2cc[nH]c(=S)c2C#N)C1. The average Bonchev–Trinajstić information content (AvgIpc) is 2.85. The van der Waals surface area contributed by atoms with E-state index in [-0.39, 0.29) is 4.99 Å². The Hall–Kier alpha value is -2.50. The summed E-state index contributed by atoms with van der Waals surface area (Å²) in [6, 6.07) is 6.22. The maximum Gasteiger partial charge on any atom is 0.123 e. The molecule has 3 N–H and O–H groups in total. The molecule has 1 aromatic heterocycles. The molecule has 8 nitrogen and oxygen atoms in total. The summed E-state index contributed by atoms with van der Waals surface area (Å²) in [7, 11) is 3.45. The molecule has 10 heteroatoms. The van der Waals surface area contributed by atoms with Crippen LogP contribution in [0.25, 0.3) is 0 Å². The van der Waals surface area contributed by atoms with Crippen LogP contribution in [0.3, 0.4) is 0 Å². The summed E-state index contributed by atoms with van der Waals surface area (Å²) in [5, 5.41) is 18.3. The standard InChI is InChI=1S/C13H17N3OS.C12H19N3OS/c1-17-9-10-3-2-6-16(8-10)12-4-5-15-13(18)11(12)7-14;1-9(11(6-13)12(14)17)15-5-3-4-10(7-15)8-16-2/h4-5,10H,2-3,6,8-9H2,1H3,(H,15,18);10H,3-5,7-8H2,1-2H3,(H2,14,17)/b;11-9-/t2*10-/m00/s1. The van der Waals surface area contributed by atoms with E-state index in [2.05, 4.69) is 26.9 Å². The molecule has 2 aliphatic rings. The van der Waals surface area contributed by atoms with Crippen molar-refractivity contribution in [2.45, 2.75) is 32.6 Å². The highest BCUT2D eigenvalue weighted by Gasteiger charge is 2.23. The van der Waals surface area contributed by atoms with Crippen LogP contribution in [0.1, 0.15) is 38.2 Å². The van der Waals surface area contributed by atoms with Crippen LogP contribution in [0.2, 0.25) is 0 Å². The third kappa shape index (κ3) is 8.29. The van der Waals surface area contributed by atoms with Gasteiger partial charge in [-0.1, -0.05) is 24.4 Å². The van der Waals surface area contributed by atoms with E-state index in [4.69, 9.17) is 44.9 Å². The van der Waals surface area contributed by atoms with Gasteiger partial charge in [-0.2, -0.15) is 10.5 Å². The van der Waals surface area contributed by atoms with Crippen molar-refractivity contribution in [3.63, 3.8) is 0 Å². The second-order valence-electron chi connectivity index (χ2n) is 8.93. The second-order valence-corrected chi connectivity index (χ2v) is 9.78. The number of aromatic amines is 1. The third-order valence-corrected chi connectivity index (χ3v) is 6.95. The van der Waals surface area contributed by atoms with Gasteiger partial charge >= 0.3 is 0 Å². The molecule has 3 rings (SSSR count). The minimum absolute atomic E-state index is 0.180. The van der Waals surface area contributed by atoms with Gasteiger partial charge in [-0.15, -0.1) is 0 Å². The minimum Gasteiger partial charge on any atom is -0.389 e. The van der Waals surface area contributed by atoms with Gasteiger partial charge in [-0.05, 0) is 50.5 Å². The maximum absolute atomic E-state index is 9.21. The first-order chi connectivity index (χ1) is 16.9. The number of nitrogens with one attached hydrogen (secondary N) is 1. The number of rotatable bonds is 7. The zero-order chi connectivity index (χ0) is 25.8. The Morgan fingerprint density at radius 1 is 1.14 bits per heavy atom. The van der Waals surface area contributed by atoms with Crippen LogP contribution in [0.4, 0.5) is 5.69 Å². The van der Waals surface area contributed by atoms with Crippen molar-refractivity contribution in [3.05, 3.63) is 33.7 Å². The number of thiocarbonyl (C=S) groups is 1. The highest BCUT2D eigenvalue weighted by molar-refractivity contribution is 7.80. The summed E-state index contributed by atoms with van der Waals surface area (Å²) in [6.45, 7) is 7.23. The molecule has 2 aliphatic heterocycles. The van der Waals surface area contributed by atoms with Gasteiger partial charge in [0.2, 0.25) is 0 Å². The van der Waals surface area contributed by atoms with Crippen molar-refractivity contribution >= 4 is 35.1 Å².